The van der Waals surface area contributed by atoms with E-state index in [4.69, 9.17) is 14.0 Å². The Balaban J connectivity index is 1.44. The highest BCUT2D eigenvalue weighted by molar-refractivity contribution is 9.10. The van der Waals surface area contributed by atoms with Crippen molar-refractivity contribution in [2.45, 2.75) is 19.1 Å². The highest BCUT2D eigenvalue weighted by Gasteiger charge is 2.21. The lowest BCUT2D eigenvalue weighted by Crippen LogP contribution is -2.29. The van der Waals surface area contributed by atoms with Crippen LogP contribution in [-0.4, -0.2) is 52.9 Å². The molecule has 10 heteroatoms. The van der Waals surface area contributed by atoms with Crippen molar-refractivity contribution in [1.82, 2.24) is 5.16 Å². The van der Waals surface area contributed by atoms with Crippen LogP contribution in [-0.2, 0) is 4.79 Å². The van der Waals surface area contributed by atoms with Gasteiger partial charge < -0.3 is 29.5 Å². The molecule has 0 saturated carbocycles. The van der Waals surface area contributed by atoms with Crippen LogP contribution in [0.25, 0.3) is 22.1 Å². The molecule has 36 heavy (non-hydrogen) atoms. The zero-order chi connectivity index (χ0) is 25.2. The molecule has 0 aliphatic carbocycles. The van der Waals surface area contributed by atoms with Crippen molar-refractivity contribution in [2.75, 3.05) is 18.5 Å². The minimum Gasteiger partial charge on any atom is -0.486 e. The first kappa shape index (κ1) is 23.8. The van der Waals surface area contributed by atoms with Gasteiger partial charge >= 0.3 is 5.97 Å². The number of nitrogens with zero attached hydrogens (tertiary/aromatic N) is 2. The van der Waals surface area contributed by atoms with Crippen LogP contribution < -0.4 is 14.8 Å². The summed E-state index contributed by atoms with van der Waals surface area (Å²) in [6.45, 7) is 2.44. The van der Waals surface area contributed by atoms with Crippen molar-refractivity contribution in [1.29, 1.82) is 0 Å². The molecular formula is C26H22BrN3O6. The van der Waals surface area contributed by atoms with Gasteiger partial charge in [-0.05, 0) is 75.9 Å². The summed E-state index contributed by atoms with van der Waals surface area (Å²) in [4.78, 5) is 15.3. The number of benzene rings is 3. The largest absolute Gasteiger partial charge is 0.486 e. The molecule has 3 N–H and O–H groups in total. The molecule has 3 aromatic carbocycles. The molecule has 0 amide bonds. The van der Waals surface area contributed by atoms with Gasteiger partial charge in [0.15, 0.2) is 28.9 Å². The van der Waals surface area contributed by atoms with E-state index in [1.54, 1.807) is 18.2 Å². The molecule has 2 atom stereocenters. The van der Waals surface area contributed by atoms with Crippen LogP contribution in [0.5, 0.6) is 11.5 Å². The van der Waals surface area contributed by atoms with E-state index in [1.165, 1.54) is 13.1 Å². The Morgan fingerprint density at radius 2 is 1.94 bits per heavy atom. The first-order valence-electron chi connectivity index (χ1n) is 11.2. The smallest absolute Gasteiger partial charge is 0.331 e. The Hall–Kier alpha value is -3.89. The fourth-order valence-electron chi connectivity index (χ4n) is 3.88. The second-order valence-corrected chi connectivity index (χ2v) is 9.03. The van der Waals surface area contributed by atoms with E-state index in [2.05, 4.69) is 31.4 Å². The van der Waals surface area contributed by atoms with Crippen LogP contribution in [0.3, 0.4) is 0 Å². The van der Waals surface area contributed by atoms with Gasteiger partial charge in [0, 0.05) is 10.7 Å². The lowest BCUT2D eigenvalue weighted by Gasteiger charge is -2.19. The van der Waals surface area contributed by atoms with E-state index in [1.807, 2.05) is 36.4 Å². The van der Waals surface area contributed by atoms with Gasteiger partial charge in [-0.25, -0.2) is 4.79 Å². The summed E-state index contributed by atoms with van der Waals surface area (Å²) in [5, 5.41) is 27.0. The second-order valence-electron chi connectivity index (χ2n) is 8.24. The lowest BCUT2D eigenvalue weighted by atomic mass is 10.0. The number of halogens is 1. The number of hydrogen-bond acceptors (Lipinski definition) is 8. The molecule has 0 fully saturated rings. The van der Waals surface area contributed by atoms with Crippen LogP contribution in [0, 0.1) is 0 Å². The van der Waals surface area contributed by atoms with Crippen molar-refractivity contribution >= 4 is 50.6 Å². The van der Waals surface area contributed by atoms with Gasteiger partial charge in [0.2, 0.25) is 0 Å². The fraction of sp³-hybridized carbons (Fsp3) is 0.192. The summed E-state index contributed by atoms with van der Waals surface area (Å²) in [6.07, 6.45) is 0.300. The summed E-state index contributed by atoms with van der Waals surface area (Å²) in [7, 11) is 0. The molecule has 184 valence electrons. The molecule has 1 aliphatic rings. The molecule has 0 saturated heterocycles. The van der Waals surface area contributed by atoms with Crippen LogP contribution in [0.4, 0.5) is 11.5 Å². The summed E-state index contributed by atoms with van der Waals surface area (Å²) in [5.74, 6) is 0.733. The highest BCUT2D eigenvalue weighted by atomic mass is 79.9. The molecule has 1 aromatic heterocycles. The predicted octanol–water partition coefficient (Wildman–Crippen LogP) is 5.03. The van der Waals surface area contributed by atoms with Crippen molar-refractivity contribution in [2.24, 2.45) is 4.99 Å². The van der Waals surface area contributed by atoms with E-state index in [0.717, 1.165) is 27.0 Å². The number of anilines is 2. The van der Waals surface area contributed by atoms with Crippen molar-refractivity contribution in [3.63, 3.8) is 0 Å². The minimum atomic E-state index is -1.25. The highest BCUT2D eigenvalue weighted by Crippen LogP contribution is 2.40. The first-order chi connectivity index (χ1) is 17.4. The zero-order valence-corrected chi connectivity index (χ0v) is 20.7. The number of aliphatic hydroxyl groups is 1. The van der Waals surface area contributed by atoms with E-state index < -0.39 is 18.1 Å². The number of carboxylic acids is 1. The van der Waals surface area contributed by atoms with Crippen molar-refractivity contribution < 1.29 is 29.0 Å². The van der Waals surface area contributed by atoms with Crippen LogP contribution >= 0.6 is 15.9 Å². The Bertz CT molecular complexity index is 1470. The van der Waals surface area contributed by atoms with Crippen LogP contribution in [0.2, 0.25) is 0 Å². The number of nitrogens with one attached hydrogen (secondary N) is 1. The van der Waals surface area contributed by atoms with E-state index in [-0.39, 0.29) is 0 Å². The SMILES string of the molecule is CC(O)C(N=Cc1ccc2onc(Nc3cccc(-c4ccc5c(c4)OCCO5)c3Br)c2c1)C(=O)O. The van der Waals surface area contributed by atoms with Crippen molar-refractivity contribution in [3.8, 4) is 22.6 Å². The fourth-order valence-corrected chi connectivity index (χ4v) is 4.47. The number of aliphatic carboxylic acids is 1. The molecule has 0 bridgehead atoms. The average Bonchev–Trinajstić information content (AvgIpc) is 3.26. The molecule has 1 aliphatic heterocycles. The van der Waals surface area contributed by atoms with Gasteiger partial charge in [-0.15, -0.1) is 0 Å². The van der Waals surface area contributed by atoms with Crippen LogP contribution in [0.15, 0.2) is 68.6 Å². The Morgan fingerprint density at radius 1 is 1.14 bits per heavy atom. The Labute approximate surface area is 214 Å². The number of ether oxygens (including phenoxy) is 2. The third kappa shape index (κ3) is 4.77. The maximum absolute atomic E-state index is 11.3. The number of fused-ring (bicyclic) bond motifs is 2. The number of rotatable bonds is 7. The molecule has 2 heterocycles. The zero-order valence-electron chi connectivity index (χ0n) is 19.1. The summed E-state index contributed by atoms with van der Waals surface area (Å²) in [6, 6.07) is 15.7. The van der Waals surface area contributed by atoms with E-state index in [0.29, 0.717) is 41.3 Å². The Morgan fingerprint density at radius 3 is 2.72 bits per heavy atom. The average molecular weight is 552 g/mol. The van der Waals surface area contributed by atoms with Gasteiger partial charge in [0.1, 0.15) is 13.2 Å². The van der Waals surface area contributed by atoms with Gasteiger partial charge in [-0.2, -0.15) is 0 Å². The van der Waals surface area contributed by atoms with Gasteiger partial charge in [0.05, 0.1) is 17.2 Å². The standard InChI is InChI=1S/C26H22BrN3O6/c1-14(31)24(26(32)33)28-13-15-5-7-20-18(11-15)25(30-36-20)29-19-4-2-3-17(23(19)27)16-6-8-21-22(12-16)35-10-9-34-21/h2-8,11-14,24,31H,9-10H2,1H3,(H,29,30)(H,32,33). The number of carboxylic acid groups (broad SMARTS) is 1. The molecule has 9 nitrogen and oxygen atoms in total. The molecule has 0 spiro atoms. The lowest BCUT2D eigenvalue weighted by molar-refractivity contribution is -0.140. The third-order valence-electron chi connectivity index (χ3n) is 5.69. The minimum absolute atomic E-state index is 0.491. The topological polar surface area (TPSA) is 126 Å². The summed E-state index contributed by atoms with van der Waals surface area (Å²) >= 11 is 3.71. The quantitative estimate of drug-likeness (QED) is 0.273. The summed E-state index contributed by atoms with van der Waals surface area (Å²) in [5.41, 5.74) is 3.89. The maximum atomic E-state index is 11.3. The van der Waals surface area contributed by atoms with Gasteiger partial charge in [0.25, 0.3) is 0 Å². The normalized spacial score (nSPS) is 14.6. The molecule has 2 unspecified atom stereocenters. The second kappa shape index (κ2) is 10.00. The third-order valence-corrected chi connectivity index (χ3v) is 6.55. The van der Waals surface area contributed by atoms with Gasteiger partial charge in [-0.1, -0.05) is 23.4 Å². The maximum Gasteiger partial charge on any atom is 0.331 e. The van der Waals surface area contributed by atoms with Gasteiger partial charge in [-0.3, -0.25) is 4.99 Å². The van der Waals surface area contributed by atoms with Crippen LogP contribution in [0.1, 0.15) is 12.5 Å². The number of aliphatic hydroxyl groups excluding tert-OH is 1. The van der Waals surface area contributed by atoms with E-state index in [9.17, 15) is 15.0 Å². The molecule has 4 aromatic rings. The number of carbonyl (C=O) groups is 1. The monoisotopic (exact) mass is 551 g/mol. The van der Waals surface area contributed by atoms with E-state index >= 15 is 0 Å². The number of aliphatic imine (C=N–C) groups is 1. The number of aromatic nitrogens is 1. The summed E-state index contributed by atoms with van der Waals surface area (Å²) < 4.78 is 17.6. The molecular weight excluding hydrogens is 530 g/mol. The van der Waals surface area contributed by atoms with Crippen molar-refractivity contribution in [3.05, 3.63) is 64.6 Å². The number of hydrogen-bond donors (Lipinski definition) is 3. The molecule has 0 radical (unpaired) electrons. The first-order valence-corrected chi connectivity index (χ1v) is 12.0. The molecule has 5 rings (SSSR count). The Kier molecular flexibility index (Phi) is 6.62. The predicted molar refractivity (Wildman–Crippen MR) is 139 cm³/mol.